The number of rotatable bonds is 6. The van der Waals surface area contributed by atoms with E-state index in [9.17, 15) is 4.79 Å². The quantitative estimate of drug-likeness (QED) is 0.734. The Morgan fingerprint density at radius 1 is 1.42 bits per heavy atom. The average molecular weight is 300 g/mol. The van der Waals surface area contributed by atoms with Crippen LogP contribution in [0.25, 0.3) is 0 Å². The minimum Gasteiger partial charge on any atom is -0.466 e. The number of nitriles is 1. The van der Waals surface area contributed by atoms with Gasteiger partial charge in [-0.15, -0.1) is 0 Å². The number of hydrogen-bond acceptors (Lipinski definition) is 3. The van der Waals surface area contributed by atoms with E-state index >= 15 is 0 Å². The fraction of sp³-hybridized carbons (Fsp3) is 0.429. The largest absolute Gasteiger partial charge is 0.466 e. The molecule has 0 amide bonds. The second-order valence-corrected chi connectivity index (χ2v) is 4.87. The van der Waals surface area contributed by atoms with E-state index in [1.807, 2.05) is 0 Å². The molecule has 1 unspecified atom stereocenters. The smallest absolute Gasteiger partial charge is 0.305 e. The van der Waals surface area contributed by atoms with Crippen LogP contribution in [0.4, 0.5) is 0 Å². The molecule has 0 spiro atoms. The Bertz CT molecular complexity index is 483. The molecular formula is C14H15Cl2NO2. The van der Waals surface area contributed by atoms with Crippen molar-refractivity contribution >= 4 is 29.2 Å². The maximum Gasteiger partial charge on any atom is 0.305 e. The van der Waals surface area contributed by atoms with Gasteiger partial charge in [0.05, 0.1) is 28.6 Å². The van der Waals surface area contributed by atoms with Gasteiger partial charge in [0.1, 0.15) is 0 Å². The summed E-state index contributed by atoms with van der Waals surface area (Å²) in [5, 5.41) is 10.1. The van der Waals surface area contributed by atoms with Crippen LogP contribution in [0.3, 0.4) is 0 Å². The van der Waals surface area contributed by atoms with Gasteiger partial charge in [-0.2, -0.15) is 5.26 Å². The van der Waals surface area contributed by atoms with E-state index in [0.717, 1.165) is 5.56 Å². The number of ether oxygens (including phenoxy) is 1. The van der Waals surface area contributed by atoms with Crippen molar-refractivity contribution < 1.29 is 9.53 Å². The van der Waals surface area contributed by atoms with E-state index in [1.54, 1.807) is 25.1 Å². The molecule has 0 radical (unpaired) electrons. The molecule has 5 heteroatoms. The number of benzene rings is 1. The fourth-order valence-electron chi connectivity index (χ4n) is 1.72. The molecule has 1 aromatic rings. The Morgan fingerprint density at radius 2 is 2.16 bits per heavy atom. The summed E-state index contributed by atoms with van der Waals surface area (Å²) in [5.41, 5.74) is 0.820. The highest BCUT2D eigenvalue weighted by Crippen LogP contribution is 2.28. The number of carbonyl (C=O) groups excluding carboxylic acids is 1. The van der Waals surface area contributed by atoms with Crippen LogP contribution in [0.15, 0.2) is 18.2 Å². The standard InChI is InChI=1S/C14H15Cl2NO2/c1-2-19-14(18)5-3-4-11(9-17)10-6-7-12(15)13(16)8-10/h6-8,11H,2-5H2,1H3. The molecule has 3 nitrogen and oxygen atoms in total. The molecule has 19 heavy (non-hydrogen) atoms. The molecule has 0 saturated heterocycles. The van der Waals surface area contributed by atoms with Gasteiger partial charge in [-0.25, -0.2) is 0 Å². The lowest BCUT2D eigenvalue weighted by Gasteiger charge is -2.10. The highest BCUT2D eigenvalue weighted by Gasteiger charge is 2.13. The molecule has 0 heterocycles. The first kappa shape index (κ1) is 15.8. The molecule has 0 saturated carbocycles. The highest BCUT2D eigenvalue weighted by atomic mass is 35.5. The first-order valence-corrected chi connectivity index (χ1v) is 6.84. The predicted octanol–water partition coefficient (Wildman–Crippen LogP) is 4.33. The Labute approximate surface area is 123 Å². The van der Waals surface area contributed by atoms with Crippen LogP contribution >= 0.6 is 23.2 Å². The topological polar surface area (TPSA) is 50.1 Å². The van der Waals surface area contributed by atoms with Crippen LogP contribution in [0, 0.1) is 11.3 Å². The van der Waals surface area contributed by atoms with Crippen molar-refractivity contribution in [2.45, 2.75) is 32.1 Å². The van der Waals surface area contributed by atoms with E-state index in [4.69, 9.17) is 33.2 Å². The summed E-state index contributed by atoms with van der Waals surface area (Å²) in [7, 11) is 0. The molecule has 0 bridgehead atoms. The molecule has 0 fully saturated rings. The summed E-state index contributed by atoms with van der Waals surface area (Å²) >= 11 is 11.8. The van der Waals surface area contributed by atoms with Crippen molar-refractivity contribution in [3.05, 3.63) is 33.8 Å². The van der Waals surface area contributed by atoms with Crippen molar-refractivity contribution in [2.24, 2.45) is 0 Å². The fourth-order valence-corrected chi connectivity index (χ4v) is 2.03. The van der Waals surface area contributed by atoms with Crippen LogP contribution in [-0.4, -0.2) is 12.6 Å². The number of halogens is 2. The molecule has 0 aliphatic heterocycles. The molecule has 0 aliphatic carbocycles. The van der Waals surface area contributed by atoms with Gasteiger partial charge in [0.2, 0.25) is 0 Å². The van der Waals surface area contributed by atoms with Gasteiger partial charge in [0, 0.05) is 6.42 Å². The normalized spacial score (nSPS) is 11.7. The summed E-state index contributed by atoms with van der Waals surface area (Å²) in [4.78, 5) is 11.2. The van der Waals surface area contributed by atoms with E-state index in [-0.39, 0.29) is 11.9 Å². The number of esters is 1. The number of carbonyl (C=O) groups is 1. The van der Waals surface area contributed by atoms with E-state index in [0.29, 0.717) is 35.9 Å². The summed E-state index contributed by atoms with van der Waals surface area (Å²) < 4.78 is 4.84. The first-order chi connectivity index (χ1) is 9.08. The second-order valence-electron chi connectivity index (χ2n) is 4.05. The Balaban J connectivity index is 2.56. The first-order valence-electron chi connectivity index (χ1n) is 6.08. The number of hydrogen-bond donors (Lipinski definition) is 0. The molecule has 1 aromatic carbocycles. The van der Waals surface area contributed by atoms with Crippen molar-refractivity contribution in [1.29, 1.82) is 5.26 Å². The van der Waals surface area contributed by atoms with Crippen molar-refractivity contribution in [3.63, 3.8) is 0 Å². The van der Waals surface area contributed by atoms with Crippen LogP contribution < -0.4 is 0 Å². The summed E-state index contributed by atoms with van der Waals surface area (Å²) in [6.07, 6.45) is 1.53. The van der Waals surface area contributed by atoms with Gasteiger partial charge >= 0.3 is 5.97 Å². The van der Waals surface area contributed by atoms with Crippen LogP contribution in [-0.2, 0) is 9.53 Å². The maximum atomic E-state index is 11.2. The van der Waals surface area contributed by atoms with Gasteiger partial charge < -0.3 is 4.74 Å². The second kappa shape index (κ2) is 8.04. The van der Waals surface area contributed by atoms with Crippen LogP contribution in [0.5, 0.6) is 0 Å². The Kier molecular flexibility index (Phi) is 6.69. The minimum atomic E-state index is -0.288. The van der Waals surface area contributed by atoms with Gasteiger partial charge in [-0.05, 0) is 37.5 Å². The summed E-state index contributed by atoms with van der Waals surface area (Å²) in [5.74, 6) is -0.516. The lowest BCUT2D eigenvalue weighted by molar-refractivity contribution is -0.143. The van der Waals surface area contributed by atoms with Crippen LogP contribution in [0.1, 0.15) is 37.7 Å². The zero-order valence-corrected chi connectivity index (χ0v) is 12.2. The maximum absolute atomic E-state index is 11.2. The lowest BCUT2D eigenvalue weighted by atomic mass is 9.95. The minimum absolute atomic E-state index is 0.228. The van der Waals surface area contributed by atoms with Crippen molar-refractivity contribution in [1.82, 2.24) is 0 Å². The lowest BCUT2D eigenvalue weighted by Crippen LogP contribution is -2.04. The SMILES string of the molecule is CCOC(=O)CCCC(C#N)c1ccc(Cl)c(Cl)c1. The van der Waals surface area contributed by atoms with Gasteiger partial charge in [-0.1, -0.05) is 29.3 Å². The highest BCUT2D eigenvalue weighted by molar-refractivity contribution is 6.42. The molecule has 0 aromatic heterocycles. The van der Waals surface area contributed by atoms with E-state index in [2.05, 4.69) is 6.07 Å². The zero-order valence-electron chi connectivity index (χ0n) is 10.7. The molecule has 1 rings (SSSR count). The molecule has 0 N–H and O–H groups in total. The van der Waals surface area contributed by atoms with Gasteiger partial charge in [-0.3, -0.25) is 4.79 Å². The van der Waals surface area contributed by atoms with Crippen LogP contribution in [0.2, 0.25) is 10.0 Å². The summed E-state index contributed by atoms with van der Waals surface area (Å²) in [6, 6.07) is 7.37. The van der Waals surface area contributed by atoms with Crippen molar-refractivity contribution in [3.8, 4) is 6.07 Å². The van der Waals surface area contributed by atoms with E-state index in [1.165, 1.54) is 0 Å². The van der Waals surface area contributed by atoms with E-state index < -0.39 is 0 Å². The third kappa shape index (κ3) is 5.10. The molecule has 0 aliphatic rings. The van der Waals surface area contributed by atoms with Gasteiger partial charge in [0.25, 0.3) is 0 Å². The molecular weight excluding hydrogens is 285 g/mol. The Hall–Kier alpha value is -1.24. The van der Waals surface area contributed by atoms with Gasteiger partial charge in [0.15, 0.2) is 0 Å². The third-order valence-corrected chi connectivity index (χ3v) is 3.42. The number of nitrogens with zero attached hydrogens (tertiary/aromatic N) is 1. The average Bonchev–Trinajstić information content (AvgIpc) is 2.38. The van der Waals surface area contributed by atoms with Crippen molar-refractivity contribution in [2.75, 3.05) is 6.61 Å². The molecule has 102 valence electrons. The predicted molar refractivity (Wildman–Crippen MR) is 75.3 cm³/mol. The summed E-state index contributed by atoms with van der Waals surface area (Å²) in [6.45, 7) is 2.15. The third-order valence-electron chi connectivity index (χ3n) is 2.68. The molecule has 1 atom stereocenters. The Morgan fingerprint density at radius 3 is 2.74 bits per heavy atom. The monoisotopic (exact) mass is 299 g/mol. The zero-order chi connectivity index (χ0) is 14.3.